The minimum Gasteiger partial charge on any atom is -0.496 e. The zero-order valence-corrected chi connectivity index (χ0v) is 18.3. The smallest absolute Gasteiger partial charge is 0.227 e. The first-order chi connectivity index (χ1) is 15.6. The Balaban J connectivity index is 1.44. The van der Waals surface area contributed by atoms with E-state index in [1.165, 1.54) is 12.1 Å². The molecular formula is C24H22FN3O3S. The summed E-state index contributed by atoms with van der Waals surface area (Å²) in [5, 5.41) is 5.94. The number of para-hydroxylation sites is 1. The third kappa shape index (κ3) is 5.39. The zero-order chi connectivity index (χ0) is 22.3. The molecule has 0 aliphatic rings. The number of aryl methyl sites for hydroxylation is 1. The fraction of sp³-hybridized carbons (Fsp3) is 0.208. The van der Waals surface area contributed by atoms with Crippen molar-refractivity contribution in [2.24, 2.45) is 0 Å². The van der Waals surface area contributed by atoms with Crippen LogP contribution in [0.2, 0.25) is 0 Å². The molecule has 0 spiro atoms. The van der Waals surface area contributed by atoms with Crippen molar-refractivity contribution in [3.05, 3.63) is 88.2 Å². The van der Waals surface area contributed by atoms with Crippen LogP contribution in [0.5, 0.6) is 5.75 Å². The van der Waals surface area contributed by atoms with Crippen molar-refractivity contribution < 1.29 is 18.4 Å². The number of hydrogen-bond acceptors (Lipinski definition) is 6. The van der Waals surface area contributed by atoms with Gasteiger partial charge in [0.25, 0.3) is 0 Å². The fourth-order valence-corrected chi connectivity index (χ4v) is 4.03. The molecule has 0 saturated heterocycles. The van der Waals surface area contributed by atoms with Gasteiger partial charge in [-0.25, -0.2) is 4.39 Å². The summed E-state index contributed by atoms with van der Waals surface area (Å²) in [5.74, 6) is 1.13. The van der Waals surface area contributed by atoms with E-state index in [2.05, 4.69) is 10.1 Å². The Kier molecular flexibility index (Phi) is 6.91. The van der Waals surface area contributed by atoms with Gasteiger partial charge in [0.15, 0.2) is 0 Å². The lowest BCUT2D eigenvalue weighted by Crippen LogP contribution is -2.30. The maximum atomic E-state index is 13.1. The molecule has 0 atom stereocenters. The maximum Gasteiger partial charge on any atom is 0.227 e. The predicted molar refractivity (Wildman–Crippen MR) is 120 cm³/mol. The molecule has 0 aliphatic heterocycles. The number of thiophene rings is 1. The number of amides is 1. The Morgan fingerprint density at radius 1 is 1.09 bits per heavy atom. The average molecular weight is 452 g/mol. The normalized spacial score (nSPS) is 10.8. The van der Waals surface area contributed by atoms with Crippen molar-refractivity contribution in [1.29, 1.82) is 0 Å². The van der Waals surface area contributed by atoms with Crippen LogP contribution in [0.1, 0.15) is 22.8 Å². The highest BCUT2D eigenvalue weighted by Gasteiger charge is 2.19. The van der Waals surface area contributed by atoms with Crippen LogP contribution < -0.4 is 4.74 Å². The first kappa shape index (κ1) is 21.7. The van der Waals surface area contributed by atoms with Crippen molar-refractivity contribution in [3.63, 3.8) is 0 Å². The van der Waals surface area contributed by atoms with Crippen LogP contribution in [-0.2, 0) is 24.3 Å². The number of nitrogens with zero attached hydrogens (tertiary/aromatic N) is 3. The minimum atomic E-state index is -0.330. The van der Waals surface area contributed by atoms with Gasteiger partial charge in [-0.2, -0.15) is 4.98 Å². The number of ether oxygens (including phenoxy) is 1. The van der Waals surface area contributed by atoms with Crippen LogP contribution in [0.15, 0.2) is 70.6 Å². The molecule has 0 unspecified atom stereocenters. The van der Waals surface area contributed by atoms with E-state index in [-0.39, 0.29) is 18.1 Å². The number of methoxy groups -OCH3 is 1. The molecule has 0 radical (unpaired) electrons. The third-order valence-corrected chi connectivity index (χ3v) is 5.82. The Morgan fingerprint density at radius 2 is 1.91 bits per heavy atom. The Bertz CT molecular complexity index is 1160. The maximum absolute atomic E-state index is 13.1. The molecule has 164 valence electrons. The van der Waals surface area contributed by atoms with Gasteiger partial charge in [0, 0.05) is 35.4 Å². The summed E-state index contributed by atoms with van der Waals surface area (Å²) in [6.07, 6.45) is 0.547. The van der Waals surface area contributed by atoms with E-state index in [1.807, 2.05) is 41.8 Å². The van der Waals surface area contributed by atoms with Gasteiger partial charge in [0.2, 0.25) is 17.6 Å². The van der Waals surface area contributed by atoms with E-state index in [4.69, 9.17) is 9.26 Å². The fourth-order valence-electron chi connectivity index (χ4n) is 3.31. The number of rotatable bonds is 9. The van der Waals surface area contributed by atoms with Gasteiger partial charge in [-0.3, -0.25) is 4.79 Å². The lowest BCUT2D eigenvalue weighted by molar-refractivity contribution is -0.132. The van der Waals surface area contributed by atoms with Crippen LogP contribution in [0.4, 0.5) is 4.39 Å². The van der Waals surface area contributed by atoms with Crippen molar-refractivity contribution >= 4 is 17.2 Å². The molecule has 0 bridgehead atoms. The number of benzene rings is 2. The SMILES string of the molecule is COc1ccccc1CN(Cc1cccs1)C(=O)CCc1nc(-c2ccc(F)cc2)no1. The van der Waals surface area contributed by atoms with Gasteiger partial charge in [0.1, 0.15) is 11.6 Å². The monoisotopic (exact) mass is 451 g/mol. The van der Waals surface area contributed by atoms with Gasteiger partial charge in [0.05, 0.1) is 13.7 Å². The minimum absolute atomic E-state index is 0.0224. The van der Waals surface area contributed by atoms with E-state index in [9.17, 15) is 9.18 Å². The molecule has 1 amide bonds. The third-order valence-electron chi connectivity index (χ3n) is 4.96. The van der Waals surface area contributed by atoms with Gasteiger partial charge < -0.3 is 14.2 Å². The highest BCUT2D eigenvalue weighted by Crippen LogP contribution is 2.23. The van der Waals surface area contributed by atoms with Crippen molar-refractivity contribution in [3.8, 4) is 17.1 Å². The summed E-state index contributed by atoms with van der Waals surface area (Å²) in [4.78, 5) is 20.4. The highest BCUT2D eigenvalue weighted by atomic mass is 32.1. The van der Waals surface area contributed by atoms with Gasteiger partial charge in [-0.15, -0.1) is 11.3 Å². The lowest BCUT2D eigenvalue weighted by Gasteiger charge is -2.23. The lowest BCUT2D eigenvalue weighted by atomic mass is 10.1. The second-order valence-corrected chi connectivity index (χ2v) is 8.19. The Hall–Kier alpha value is -3.52. The van der Waals surface area contributed by atoms with Crippen molar-refractivity contribution in [2.75, 3.05) is 7.11 Å². The molecule has 0 fully saturated rings. The van der Waals surface area contributed by atoms with Crippen LogP contribution >= 0.6 is 11.3 Å². The topological polar surface area (TPSA) is 68.5 Å². The molecule has 2 aromatic carbocycles. The quantitative estimate of drug-likeness (QED) is 0.354. The molecule has 2 aromatic heterocycles. The van der Waals surface area contributed by atoms with E-state index in [0.717, 1.165) is 16.2 Å². The summed E-state index contributed by atoms with van der Waals surface area (Å²) >= 11 is 1.61. The molecule has 4 aromatic rings. The molecule has 32 heavy (non-hydrogen) atoms. The van der Waals surface area contributed by atoms with Crippen LogP contribution in [0, 0.1) is 5.82 Å². The zero-order valence-electron chi connectivity index (χ0n) is 17.5. The van der Waals surface area contributed by atoms with Crippen LogP contribution in [0.3, 0.4) is 0 Å². The Labute approximate surface area is 189 Å². The molecule has 0 N–H and O–H groups in total. The number of halogens is 1. The molecule has 0 saturated carbocycles. The highest BCUT2D eigenvalue weighted by molar-refractivity contribution is 7.09. The molecule has 8 heteroatoms. The predicted octanol–water partition coefficient (Wildman–Crippen LogP) is 5.11. The largest absolute Gasteiger partial charge is 0.496 e. The average Bonchev–Trinajstić information content (AvgIpc) is 3.50. The van der Waals surface area contributed by atoms with Crippen LogP contribution in [-0.4, -0.2) is 28.1 Å². The summed E-state index contributed by atoms with van der Waals surface area (Å²) in [6, 6.07) is 17.5. The van der Waals surface area contributed by atoms with Gasteiger partial charge in [-0.05, 0) is 41.8 Å². The van der Waals surface area contributed by atoms with E-state index >= 15 is 0 Å². The number of carbonyl (C=O) groups excluding carboxylic acids is 1. The number of aromatic nitrogens is 2. The van der Waals surface area contributed by atoms with E-state index < -0.39 is 0 Å². The van der Waals surface area contributed by atoms with Crippen molar-refractivity contribution in [2.45, 2.75) is 25.9 Å². The molecule has 0 aliphatic carbocycles. The van der Waals surface area contributed by atoms with Crippen LogP contribution in [0.25, 0.3) is 11.4 Å². The van der Waals surface area contributed by atoms with Gasteiger partial charge in [-0.1, -0.05) is 29.4 Å². The number of carbonyl (C=O) groups is 1. The first-order valence-corrected chi connectivity index (χ1v) is 11.0. The first-order valence-electron chi connectivity index (χ1n) is 10.1. The molecule has 4 rings (SSSR count). The summed E-state index contributed by atoms with van der Waals surface area (Å²) < 4.78 is 23.9. The molecule has 2 heterocycles. The van der Waals surface area contributed by atoms with Crippen molar-refractivity contribution in [1.82, 2.24) is 15.0 Å². The molecular weight excluding hydrogens is 429 g/mol. The van der Waals surface area contributed by atoms with E-state index in [1.54, 1.807) is 35.5 Å². The van der Waals surface area contributed by atoms with Gasteiger partial charge >= 0.3 is 0 Å². The summed E-state index contributed by atoms with van der Waals surface area (Å²) in [7, 11) is 1.62. The summed E-state index contributed by atoms with van der Waals surface area (Å²) in [6.45, 7) is 0.949. The second-order valence-electron chi connectivity index (χ2n) is 7.16. The van der Waals surface area contributed by atoms with E-state index in [0.29, 0.717) is 36.8 Å². The summed E-state index contributed by atoms with van der Waals surface area (Å²) in [5.41, 5.74) is 1.60. The Morgan fingerprint density at radius 3 is 2.66 bits per heavy atom. The standard InChI is InChI=1S/C24H22FN3O3S/c1-30-21-7-3-2-5-18(21)15-28(16-20-6-4-14-32-20)23(29)13-12-22-26-24(27-31-22)17-8-10-19(25)11-9-17/h2-11,14H,12-13,15-16H2,1H3. The second kappa shape index (κ2) is 10.2. The molecule has 6 nitrogen and oxygen atoms in total. The number of hydrogen-bond donors (Lipinski definition) is 0.